The van der Waals surface area contributed by atoms with Gasteiger partial charge >= 0.3 is 0 Å². The molecule has 2 rings (SSSR count). The highest BCUT2D eigenvalue weighted by atomic mass is 19.1. The fraction of sp³-hybridized carbons (Fsp3) is 0.571. The van der Waals surface area contributed by atoms with Gasteiger partial charge in [0.1, 0.15) is 11.6 Å². The minimum absolute atomic E-state index is 0.0365. The summed E-state index contributed by atoms with van der Waals surface area (Å²) >= 11 is 0. The molecule has 0 saturated carbocycles. The van der Waals surface area contributed by atoms with E-state index < -0.39 is 11.6 Å². The monoisotopic (exact) mass is 271 g/mol. The van der Waals surface area contributed by atoms with Crippen molar-refractivity contribution in [3.8, 4) is 0 Å². The summed E-state index contributed by atoms with van der Waals surface area (Å²) in [5.41, 5.74) is -0.277. The van der Waals surface area contributed by atoms with Gasteiger partial charge in [-0.2, -0.15) is 0 Å². The van der Waals surface area contributed by atoms with Crippen LogP contribution in [-0.2, 0) is 16.1 Å². The Morgan fingerprint density at radius 2 is 2.05 bits per heavy atom. The van der Waals surface area contributed by atoms with Crippen molar-refractivity contribution in [1.29, 1.82) is 0 Å². The van der Waals surface area contributed by atoms with Gasteiger partial charge in [0.25, 0.3) is 0 Å². The van der Waals surface area contributed by atoms with Crippen LogP contribution in [0.2, 0.25) is 0 Å². The van der Waals surface area contributed by atoms with E-state index in [9.17, 15) is 8.78 Å². The van der Waals surface area contributed by atoms with E-state index in [4.69, 9.17) is 9.47 Å². The Bertz CT molecular complexity index is 417. The number of morpholine rings is 1. The summed E-state index contributed by atoms with van der Waals surface area (Å²) < 4.78 is 37.9. The van der Waals surface area contributed by atoms with Crippen molar-refractivity contribution in [2.75, 3.05) is 19.7 Å². The van der Waals surface area contributed by atoms with E-state index in [0.717, 1.165) is 6.54 Å². The molecular weight excluding hydrogens is 252 g/mol. The van der Waals surface area contributed by atoms with Gasteiger partial charge in [-0.1, -0.05) is 6.07 Å². The molecule has 0 amide bonds. The standard InChI is InChI=1S/C14H19F2NO2/c1-14(2)9-17-6-10(19-14)7-18-8-11-12(15)4-3-5-13(11)16/h3-5,10,17H,6-9H2,1-2H3. The highest BCUT2D eigenvalue weighted by Gasteiger charge is 2.28. The zero-order chi connectivity index (χ0) is 13.9. The molecule has 0 aromatic heterocycles. The maximum absolute atomic E-state index is 13.4. The molecule has 106 valence electrons. The molecule has 0 aliphatic carbocycles. The van der Waals surface area contributed by atoms with E-state index >= 15 is 0 Å². The molecular formula is C14H19F2NO2. The third-order valence-electron chi connectivity index (χ3n) is 3.02. The van der Waals surface area contributed by atoms with E-state index in [1.54, 1.807) is 0 Å². The summed E-state index contributed by atoms with van der Waals surface area (Å²) in [6, 6.07) is 3.79. The molecule has 1 aromatic rings. The van der Waals surface area contributed by atoms with Crippen LogP contribution in [0.3, 0.4) is 0 Å². The Kier molecular flexibility index (Phi) is 4.50. The lowest BCUT2D eigenvalue weighted by Gasteiger charge is -2.36. The highest BCUT2D eigenvalue weighted by Crippen LogP contribution is 2.17. The second-order valence-electron chi connectivity index (χ2n) is 5.35. The van der Waals surface area contributed by atoms with Crippen molar-refractivity contribution in [2.45, 2.75) is 32.2 Å². The van der Waals surface area contributed by atoms with Crippen LogP contribution in [-0.4, -0.2) is 31.4 Å². The number of benzene rings is 1. The lowest BCUT2D eigenvalue weighted by Crippen LogP contribution is -2.51. The molecule has 1 fully saturated rings. The molecule has 1 heterocycles. The average molecular weight is 271 g/mol. The minimum atomic E-state index is -0.581. The maximum Gasteiger partial charge on any atom is 0.131 e. The molecule has 1 aliphatic heterocycles. The number of hydrogen-bond acceptors (Lipinski definition) is 3. The molecule has 1 N–H and O–H groups in total. The van der Waals surface area contributed by atoms with Crippen molar-refractivity contribution >= 4 is 0 Å². The summed E-state index contributed by atoms with van der Waals surface area (Å²) in [4.78, 5) is 0. The van der Waals surface area contributed by atoms with Gasteiger partial charge in [-0.05, 0) is 26.0 Å². The van der Waals surface area contributed by atoms with Crippen LogP contribution in [0.25, 0.3) is 0 Å². The van der Waals surface area contributed by atoms with Crippen LogP contribution >= 0.6 is 0 Å². The SMILES string of the molecule is CC1(C)CNCC(COCc2c(F)cccc2F)O1. The zero-order valence-corrected chi connectivity index (χ0v) is 11.2. The van der Waals surface area contributed by atoms with Crippen molar-refractivity contribution in [1.82, 2.24) is 5.32 Å². The van der Waals surface area contributed by atoms with E-state index in [-0.39, 0.29) is 23.9 Å². The van der Waals surface area contributed by atoms with Gasteiger partial charge < -0.3 is 14.8 Å². The molecule has 1 aromatic carbocycles. The molecule has 1 saturated heterocycles. The summed E-state index contributed by atoms with van der Waals surface area (Å²) in [5, 5.41) is 3.24. The van der Waals surface area contributed by atoms with Crippen molar-refractivity contribution < 1.29 is 18.3 Å². The Morgan fingerprint density at radius 1 is 1.37 bits per heavy atom. The fourth-order valence-corrected chi connectivity index (χ4v) is 2.12. The predicted octanol–water partition coefficient (Wildman–Crippen LogP) is 2.25. The van der Waals surface area contributed by atoms with E-state index in [0.29, 0.717) is 13.2 Å². The molecule has 19 heavy (non-hydrogen) atoms. The van der Waals surface area contributed by atoms with Crippen LogP contribution in [0.1, 0.15) is 19.4 Å². The molecule has 1 atom stereocenters. The number of ether oxygens (including phenoxy) is 2. The first-order valence-electron chi connectivity index (χ1n) is 6.37. The quantitative estimate of drug-likeness (QED) is 0.911. The predicted molar refractivity (Wildman–Crippen MR) is 67.8 cm³/mol. The average Bonchev–Trinajstić information content (AvgIpc) is 2.32. The lowest BCUT2D eigenvalue weighted by molar-refractivity contribution is -0.122. The first kappa shape index (κ1) is 14.4. The van der Waals surface area contributed by atoms with Gasteiger partial charge in [0.15, 0.2) is 0 Å². The molecule has 0 bridgehead atoms. The Labute approximate surface area is 111 Å². The second kappa shape index (κ2) is 5.94. The topological polar surface area (TPSA) is 30.5 Å². The summed E-state index contributed by atoms with van der Waals surface area (Å²) in [6.07, 6.45) is -0.0985. The first-order chi connectivity index (χ1) is 8.98. The number of hydrogen-bond donors (Lipinski definition) is 1. The van der Waals surface area contributed by atoms with E-state index in [1.165, 1.54) is 18.2 Å². The summed E-state index contributed by atoms with van der Waals surface area (Å²) in [7, 11) is 0. The first-order valence-corrected chi connectivity index (χ1v) is 6.37. The smallest absolute Gasteiger partial charge is 0.131 e. The third-order valence-corrected chi connectivity index (χ3v) is 3.02. The van der Waals surface area contributed by atoms with Crippen molar-refractivity contribution in [3.63, 3.8) is 0 Å². The van der Waals surface area contributed by atoms with Gasteiger partial charge in [-0.25, -0.2) is 8.78 Å². The van der Waals surface area contributed by atoms with E-state index in [1.807, 2.05) is 13.8 Å². The molecule has 0 spiro atoms. The van der Waals surface area contributed by atoms with Gasteiger partial charge in [0.05, 0.1) is 24.9 Å². The van der Waals surface area contributed by atoms with Crippen LogP contribution < -0.4 is 5.32 Å². The van der Waals surface area contributed by atoms with Crippen LogP contribution in [0.5, 0.6) is 0 Å². The summed E-state index contributed by atoms with van der Waals surface area (Å²) in [5.74, 6) is -1.16. The van der Waals surface area contributed by atoms with Crippen LogP contribution in [0.15, 0.2) is 18.2 Å². The molecule has 5 heteroatoms. The molecule has 3 nitrogen and oxygen atoms in total. The fourth-order valence-electron chi connectivity index (χ4n) is 2.12. The van der Waals surface area contributed by atoms with Gasteiger partial charge in [-0.15, -0.1) is 0 Å². The second-order valence-corrected chi connectivity index (χ2v) is 5.35. The van der Waals surface area contributed by atoms with Gasteiger partial charge in [0, 0.05) is 18.7 Å². The van der Waals surface area contributed by atoms with Crippen molar-refractivity contribution in [3.05, 3.63) is 35.4 Å². The maximum atomic E-state index is 13.4. The Hall–Kier alpha value is -1.04. The zero-order valence-electron chi connectivity index (χ0n) is 11.2. The molecule has 1 aliphatic rings. The number of nitrogens with one attached hydrogen (secondary N) is 1. The van der Waals surface area contributed by atoms with Gasteiger partial charge in [0.2, 0.25) is 0 Å². The molecule has 1 unspecified atom stereocenters. The Balaban J connectivity index is 1.83. The van der Waals surface area contributed by atoms with Gasteiger partial charge in [-0.3, -0.25) is 0 Å². The van der Waals surface area contributed by atoms with Crippen LogP contribution in [0.4, 0.5) is 8.78 Å². The lowest BCUT2D eigenvalue weighted by atomic mass is 10.1. The highest BCUT2D eigenvalue weighted by molar-refractivity contribution is 5.18. The minimum Gasteiger partial charge on any atom is -0.374 e. The van der Waals surface area contributed by atoms with Crippen LogP contribution in [0, 0.1) is 11.6 Å². The largest absolute Gasteiger partial charge is 0.374 e. The normalized spacial score (nSPS) is 22.4. The number of halogens is 2. The molecule has 0 radical (unpaired) electrons. The van der Waals surface area contributed by atoms with E-state index in [2.05, 4.69) is 5.32 Å². The number of rotatable bonds is 4. The summed E-state index contributed by atoms with van der Waals surface area (Å²) in [6.45, 7) is 5.67. The van der Waals surface area contributed by atoms with Crippen molar-refractivity contribution in [2.24, 2.45) is 0 Å². The Morgan fingerprint density at radius 3 is 2.68 bits per heavy atom. The third kappa shape index (κ3) is 3.96.